The first kappa shape index (κ1) is 101. The Bertz CT molecular complexity index is 3530. The van der Waals surface area contributed by atoms with E-state index in [1.807, 2.05) is 42.4 Å². The molecule has 0 atom stereocenters. The highest BCUT2D eigenvalue weighted by Crippen LogP contribution is 2.87. The molecule has 1 aliphatic rings. The maximum absolute atomic E-state index is 2.96. The highest BCUT2D eigenvalue weighted by atomic mass is 31.2. The van der Waals surface area contributed by atoms with E-state index in [0.717, 1.165) is 103 Å². The molecule has 1 aliphatic carbocycles. The van der Waals surface area contributed by atoms with Gasteiger partial charge in [0.2, 0.25) is 0 Å². The summed E-state index contributed by atoms with van der Waals surface area (Å²) < 4.78 is 0. The van der Waals surface area contributed by atoms with Gasteiger partial charge in [-0.15, -0.1) is 0 Å². The van der Waals surface area contributed by atoms with Gasteiger partial charge in [0, 0.05) is 9.79 Å². The molecule has 0 unspecified atom stereocenters. The molecule has 0 bridgehead atoms. The predicted octanol–water partition coefficient (Wildman–Crippen LogP) is 33.0. The fourth-order valence-corrected chi connectivity index (χ4v) is 41.5. The van der Waals surface area contributed by atoms with Gasteiger partial charge in [-0.2, -0.15) is 0 Å². The Kier molecular flexibility index (Phi) is 46.0. The topological polar surface area (TPSA) is 0 Å². The van der Waals surface area contributed by atoms with E-state index in [1.165, 1.54) is 231 Å². The van der Waals surface area contributed by atoms with Crippen LogP contribution < -0.4 is 42.4 Å². The minimum Gasteiger partial charge on any atom is -0.0654 e. The third-order valence-corrected chi connectivity index (χ3v) is 43.7. The van der Waals surface area contributed by atoms with Crippen LogP contribution >= 0.6 is 31.7 Å². The average molecular weight is 1720 g/mol. The summed E-state index contributed by atoms with van der Waals surface area (Å²) in [5.74, 6) is 0. The Morgan fingerprint density at radius 2 is 0.279 bits per heavy atom. The summed E-state index contributed by atoms with van der Waals surface area (Å²) in [6.07, 6.45) is 61.7. The van der Waals surface area contributed by atoms with Crippen molar-refractivity contribution in [3.63, 3.8) is 0 Å². The van der Waals surface area contributed by atoms with Crippen LogP contribution in [0.5, 0.6) is 0 Å². The second-order valence-electron chi connectivity index (χ2n) is 37.2. The van der Waals surface area contributed by atoms with Crippen LogP contribution in [0.15, 0.2) is 146 Å². The zero-order valence-corrected chi connectivity index (χ0v) is 85.0. The van der Waals surface area contributed by atoms with E-state index in [-0.39, 0.29) is 0 Å². The molecule has 9 rings (SSSR count). The minimum absolute atomic E-state index is 0.400. The number of hydrogen-bond acceptors (Lipinski definition) is 0. The number of benzene rings is 8. The van der Waals surface area contributed by atoms with Crippen LogP contribution in [0.1, 0.15) is 431 Å². The maximum atomic E-state index is 2.96. The van der Waals surface area contributed by atoms with Crippen LogP contribution in [0.4, 0.5) is 0 Å². The van der Waals surface area contributed by atoms with Crippen LogP contribution in [0, 0.1) is 0 Å². The first-order valence-corrected chi connectivity index (χ1v) is 57.4. The Balaban J connectivity index is 1.91. The minimum atomic E-state index is -1.37. The number of hydrogen-bond donors (Lipinski definition) is 0. The molecule has 0 heterocycles. The van der Waals surface area contributed by atoms with Crippen molar-refractivity contribution in [3.05, 3.63) is 235 Å². The summed E-state index contributed by atoms with van der Waals surface area (Å²) in [5.41, 5.74) is 27.6. The number of aryl methyl sites for hydroxylation is 8. The summed E-state index contributed by atoms with van der Waals surface area (Å²) in [4.78, 5) is -0.801. The van der Waals surface area contributed by atoms with E-state index in [4.69, 9.17) is 0 Å². The van der Waals surface area contributed by atoms with Crippen molar-refractivity contribution in [2.24, 2.45) is 0 Å². The molecule has 8 aromatic carbocycles. The summed E-state index contributed by atoms with van der Waals surface area (Å²) in [7, 11) is -5.49. The standard InChI is InChI=1S/C118H176P4/c1-17-33-59-93-67-51-83-109(101(93)75-41-25-9)119(110-84-52-68-94(60-34-18-2)102(110)76-42-26-10)117(120(111-85-53-69-95(61-35-19-3)103(111)77-43-27-11)112-86-54-70-96(62-36-20-4)104(112)78-44-28-12)91-49-50-92-118(117,121(113-87-55-71-97(63-37-21-5)105(113)79-45-29-13)114-88-56-72-98(64-38-22-6)106(114)80-46-30-14)122(115-89-57-73-99(65-39-23-7)107(115)81-47-31-15)116-90-58-74-100(66-40-24-8)108(116)82-48-32-16/h51-58,67-74,83-90H,17-50,59-66,75-82,91-92H2,1-16H3. The molecule has 122 heavy (non-hydrogen) atoms. The molecule has 0 spiro atoms. The molecule has 0 N–H and O–H groups in total. The number of unbranched alkanes of at least 4 members (excludes halogenated alkanes) is 16. The zero-order valence-electron chi connectivity index (χ0n) is 81.4. The summed E-state index contributed by atoms with van der Waals surface area (Å²) in [6.45, 7) is 40.1. The molecule has 0 nitrogen and oxygen atoms in total. The van der Waals surface area contributed by atoms with Crippen LogP contribution in [-0.2, 0) is 103 Å². The molecule has 0 radical (unpaired) electrons. The highest BCUT2D eigenvalue weighted by molar-refractivity contribution is 7.98. The summed E-state index contributed by atoms with van der Waals surface area (Å²) in [5, 5.41) is 14.5. The van der Waals surface area contributed by atoms with Crippen molar-refractivity contribution < 1.29 is 0 Å². The molecular weight excluding hydrogens is 1540 g/mol. The van der Waals surface area contributed by atoms with E-state index in [9.17, 15) is 0 Å². The van der Waals surface area contributed by atoms with Crippen LogP contribution in [0.2, 0.25) is 0 Å². The Morgan fingerprint density at radius 3 is 0.393 bits per heavy atom. The highest BCUT2D eigenvalue weighted by Gasteiger charge is 2.70. The van der Waals surface area contributed by atoms with Crippen molar-refractivity contribution in [2.75, 3.05) is 0 Å². The van der Waals surface area contributed by atoms with Gasteiger partial charge in [0.1, 0.15) is 0 Å². The average Bonchev–Trinajstić information content (AvgIpc) is 0.663. The van der Waals surface area contributed by atoms with Gasteiger partial charge in [-0.3, -0.25) is 0 Å². The van der Waals surface area contributed by atoms with Gasteiger partial charge >= 0.3 is 0 Å². The molecule has 4 heteroatoms. The Hall–Kier alpha value is -4.52. The molecule has 8 aromatic rings. The van der Waals surface area contributed by atoms with Crippen molar-refractivity contribution in [1.82, 2.24) is 0 Å². The van der Waals surface area contributed by atoms with E-state index in [2.05, 4.69) is 256 Å². The van der Waals surface area contributed by atoms with Gasteiger partial charge in [0.15, 0.2) is 0 Å². The molecule has 1 fully saturated rings. The first-order valence-electron chi connectivity index (χ1n) is 52.1. The predicted molar refractivity (Wildman–Crippen MR) is 558 cm³/mol. The maximum Gasteiger partial charge on any atom is 0.0414 e. The van der Waals surface area contributed by atoms with Crippen molar-refractivity contribution >= 4 is 74.1 Å². The van der Waals surface area contributed by atoms with Gasteiger partial charge in [-0.25, -0.2) is 0 Å². The summed E-state index contributed by atoms with van der Waals surface area (Å²) in [6, 6.07) is 67.2. The molecule has 668 valence electrons. The quantitative estimate of drug-likeness (QED) is 0.0333. The lowest BCUT2D eigenvalue weighted by Crippen LogP contribution is -2.61. The monoisotopic (exact) mass is 1720 g/mol. The fraction of sp³-hybridized carbons (Fsp3) is 0.593. The lowest BCUT2D eigenvalue weighted by atomic mass is 9.96. The largest absolute Gasteiger partial charge is 0.0654 e. The van der Waals surface area contributed by atoms with E-state index in [1.54, 1.807) is 89.0 Å². The van der Waals surface area contributed by atoms with E-state index in [0.29, 0.717) is 0 Å². The van der Waals surface area contributed by atoms with E-state index < -0.39 is 41.5 Å². The Morgan fingerprint density at radius 1 is 0.164 bits per heavy atom. The van der Waals surface area contributed by atoms with Gasteiger partial charge in [-0.1, -0.05) is 372 Å². The van der Waals surface area contributed by atoms with Gasteiger partial charge < -0.3 is 0 Å². The second kappa shape index (κ2) is 55.4. The molecule has 0 saturated heterocycles. The third kappa shape index (κ3) is 25.1. The smallest absolute Gasteiger partial charge is 0.0414 e. The molecule has 1 saturated carbocycles. The van der Waals surface area contributed by atoms with Crippen molar-refractivity contribution in [1.29, 1.82) is 0 Å². The molecule has 0 amide bonds. The van der Waals surface area contributed by atoms with Gasteiger partial charge in [-0.05, 0) is 381 Å². The van der Waals surface area contributed by atoms with Crippen LogP contribution in [-0.4, -0.2) is 9.79 Å². The van der Waals surface area contributed by atoms with Crippen molar-refractivity contribution in [3.8, 4) is 0 Å². The van der Waals surface area contributed by atoms with Crippen molar-refractivity contribution in [2.45, 2.75) is 454 Å². The summed E-state index contributed by atoms with van der Waals surface area (Å²) >= 11 is 0. The van der Waals surface area contributed by atoms with Gasteiger partial charge in [0.05, 0.1) is 0 Å². The lowest BCUT2D eigenvalue weighted by molar-refractivity contribution is 0.462. The zero-order chi connectivity index (χ0) is 86.9. The van der Waals surface area contributed by atoms with Gasteiger partial charge in [0.25, 0.3) is 0 Å². The molecular formula is C118H176P4. The molecule has 0 aromatic heterocycles. The molecule has 0 aliphatic heterocycles. The van der Waals surface area contributed by atoms with E-state index >= 15 is 0 Å². The van der Waals surface area contributed by atoms with Crippen LogP contribution in [0.3, 0.4) is 0 Å². The normalized spacial score (nSPS) is 13.5. The fourth-order valence-electron chi connectivity index (χ4n) is 21.2. The third-order valence-electron chi connectivity index (χ3n) is 28.0. The van der Waals surface area contributed by atoms with Crippen LogP contribution in [0.25, 0.3) is 0 Å². The lowest BCUT2D eigenvalue weighted by Gasteiger charge is -2.67. The Labute approximate surface area is 757 Å². The SMILES string of the molecule is CCCCc1cccc(P(c2cccc(CCCC)c2CCCC)C2(P(c3cccc(CCCC)c3CCCC)c3cccc(CCCC)c3CCCC)CCCCC2(P(c2cccc(CCCC)c2CCCC)c2cccc(CCCC)c2CCCC)P(c2cccc(CCCC)c2CCCC)c2cccc(CCCC)c2CCCC)c1CCCC. The number of rotatable bonds is 60. The first-order chi connectivity index (χ1) is 60.0. The second-order valence-corrected chi connectivity index (χ2v) is 47.5.